The molecule has 1 heterocycles. The number of carbonyl (C=O) groups is 1. The van der Waals surface area contributed by atoms with E-state index in [1.54, 1.807) is 12.4 Å². The summed E-state index contributed by atoms with van der Waals surface area (Å²) in [4.78, 5) is 10.9. The third-order valence-corrected chi connectivity index (χ3v) is 1.78. The first-order chi connectivity index (χ1) is 5.04. The molecular weight excluding hydrogens is 140 g/mol. The molecule has 1 aliphatic rings. The number of hydrogen-bond donors (Lipinski definition) is 2. The van der Waals surface area contributed by atoms with E-state index in [9.17, 15) is 4.79 Å². The first kappa shape index (κ1) is 7.85. The number of primary amides is 1. The summed E-state index contributed by atoms with van der Waals surface area (Å²) < 4.78 is 0. The van der Waals surface area contributed by atoms with Crippen LogP contribution in [0.4, 0.5) is 0 Å². The normalized spacial score (nSPS) is 20.4. The van der Waals surface area contributed by atoms with Gasteiger partial charge >= 0.3 is 0 Å². The third-order valence-electron chi connectivity index (χ3n) is 1.78. The summed E-state index contributed by atoms with van der Waals surface area (Å²) in [6.07, 6.45) is 5.35. The van der Waals surface area contributed by atoms with E-state index in [4.69, 9.17) is 5.73 Å². The van der Waals surface area contributed by atoms with E-state index in [-0.39, 0.29) is 11.3 Å². The SMILES string of the molecule is CC1(C)C=CNC=C1C(N)=O. The molecule has 11 heavy (non-hydrogen) atoms. The maximum atomic E-state index is 10.9. The minimum absolute atomic E-state index is 0.239. The fourth-order valence-electron chi connectivity index (χ4n) is 1.05. The summed E-state index contributed by atoms with van der Waals surface area (Å²) in [5, 5.41) is 2.83. The van der Waals surface area contributed by atoms with Crippen molar-refractivity contribution in [2.45, 2.75) is 13.8 Å². The Bertz CT molecular complexity index is 238. The van der Waals surface area contributed by atoms with Gasteiger partial charge in [0.2, 0.25) is 5.91 Å². The minimum Gasteiger partial charge on any atom is -0.367 e. The molecule has 3 heteroatoms. The molecule has 0 spiro atoms. The molecule has 0 saturated heterocycles. The van der Waals surface area contributed by atoms with Gasteiger partial charge in [0.25, 0.3) is 0 Å². The topological polar surface area (TPSA) is 55.1 Å². The van der Waals surface area contributed by atoms with Crippen LogP contribution >= 0.6 is 0 Å². The van der Waals surface area contributed by atoms with Crippen LogP contribution in [-0.4, -0.2) is 5.91 Å². The molecule has 0 unspecified atom stereocenters. The highest BCUT2D eigenvalue weighted by atomic mass is 16.1. The second-order valence-electron chi connectivity index (χ2n) is 3.14. The quantitative estimate of drug-likeness (QED) is 0.574. The molecule has 3 nitrogen and oxygen atoms in total. The monoisotopic (exact) mass is 152 g/mol. The number of allylic oxidation sites excluding steroid dienone is 1. The second kappa shape index (κ2) is 2.42. The molecule has 0 aromatic heterocycles. The number of hydrogen-bond acceptors (Lipinski definition) is 2. The number of dihydropyridines is 1. The predicted molar refractivity (Wildman–Crippen MR) is 43.3 cm³/mol. The molecule has 1 amide bonds. The number of amides is 1. The van der Waals surface area contributed by atoms with Crippen LogP contribution in [0.15, 0.2) is 24.0 Å². The zero-order valence-corrected chi connectivity index (χ0v) is 6.72. The summed E-state index contributed by atoms with van der Waals surface area (Å²) in [6.45, 7) is 3.89. The van der Waals surface area contributed by atoms with Crippen LogP contribution in [0.25, 0.3) is 0 Å². The zero-order chi connectivity index (χ0) is 8.48. The number of nitrogens with one attached hydrogen (secondary N) is 1. The Kier molecular flexibility index (Phi) is 1.72. The smallest absolute Gasteiger partial charge is 0.246 e. The molecule has 1 aliphatic heterocycles. The molecule has 0 bridgehead atoms. The highest BCUT2D eigenvalue weighted by Gasteiger charge is 2.25. The number of nitrogens with two attached hydrogens (primary N) is 1. The van der Waals surface area contributed by atoms with Crippen molar-refractivity contribution in [1.82, 2.24) is 5.32 Å². The van der Waals surface area contributed by atoms with Gasteiger partial charge in [0.05, 0.1) is 0 Å². The zero-order valence-electron chi connectivity index (χ0n) is 6.72. The van der Waals surface area contributed by atoms with E-state index in [0.717, 1.165) is 0 Å². The Morgan fingerprint density at radius 2 is 2.27 bits per heavy atom. The van der Waals surface area contributed by atoms with Crippen molar-refractivity contribution < 1.29 is 4.79 Å². The van der Waals surface area contributed by atoms with Gasteiger partial charge in [-0.15, -0.1) is 0 Å². The highest BCUT2D eigenvalue weighted by molar-refractivity contribution is 5.93. The Labute approximate surface area is 66.0 Å². The van der Waals surface area contributed by atoms with Crippen LogP contribution in [0, 0.1) is 5.41 Å². The number of rotatable bonds is 1. The predicted octanol–water partition coefficient (Wildman–Crippen LogP) is 0.499. The van der Waals surface area contributed by atoms with E-state index >= 15 is 0 Å². The van der Waals surface area contributed by atoms with E-state index in [0.29, 0.717) is 5.57 Å². The average molecular weight is 152 g/mol. The standard InChI is InChI=1S/C8H12N2O/c1-8(2)3-4-10-5-6(8)7(9)11/h3-5,10H,1-2H3,(H2,9,11). The van der Waals surface area contributed by atoms with Gasteiger partial charge in [0.15, 0.2) is 0 Å². The van der Waals surface area contributed by atoms with Gasteiger partial charge in [0.1, 0.15) is 0 Å². The fraction of sp³-hybridized carbons (Fsp3) is 0.375. The summed E-state index contributed by atoms with van der Waals surface area (Å²) in [5.74, 6) is -0.369. The van der Waals surface area contributed by atoms with Crippen LogP contribution in [0.5, 0.6) is 0 Å². The Hall–Kier alpha value is -1.25. The lowest BCUT2D eigenvalue weighted by atomic mass is 9.83. The van der Waals surface area contributed by atoms with Crippen LogP contribution in [0.1, 0.15) is 13.8 Å². The summed E-state index contributed by atoms with van der Waals surface area (Å²) >= 11 is 0. The highest BCUT2D eigenvalue weighted by Crippen LogP contribution is 2.28. The molecule has 0 aliphatic carbocycles. The molecule has 3 N–H and O–H groups in total. The molecular formula is C8H12N2O. The Morgan fingerprint density at radius 3 is 2.64 bits per heavy atom. The van der Waals surface area contributed by atoms with Gasteiger partial charge in [-0.3, -0.25) is 4.79 Å². The van der Waals surface area contributed by atoms with Crippen molar-refractivity contribution in [3.05, 3.63) is 24.0 Å². The van der Waals surface area contributed by atoms with Gasteiger partial charge in [-0.1, -0.05) is 19.9 Å². The van der Waals surface area contributed by atoms with Crippen LogP contribution < -0.4 is 11.1 Å². The first-order valence-corrected chi connectivity index (χ1v) is 3.48. The van der Waals surface area contributed by atoms with E-state index < -0.39 is 0 Å². The van der Waals surface area contributed by atoms with Crippen LogP contribution in [-0.2, 0) is 4.79 Å². The van der Waals surface area contributed by atoms with Crippen molar-refractivity contribution >= 4 is 5.91 Å². The lowest BCUT2D eigenvalue weighted by Crippen LogP contribution is -2.29. The van der Waals surface area contributed by atoms with Crippen molar-refractivity contribution in [1.29, 1.82) is 0 Å². The van der Waals surface area contributed by atoms with Gasteiger partial charge in [-0.2, -0.15) is 0 Å². The lowest BCUT2D eigenvalue weighted by Gasteiger charge is -2.24. The van der Waals surface area contributed by atoms with Crippen LogP contribution in [0.2, 0.25) is 0 Å². The molecule has 0 saturated carbocycles. The van der Waals surface area contributed by atoms with Gasteiger partial charge in [-0.05, 0) is 6.20 Å². The number of carbonyl (C=O) groups excluding carboxylic acids is 1. The molecule has 0 fully saturated rings. The molecule has 1 rings (SSSR count). The molecule has 60 valence electrons. The Morgan fingerprint density at radius 1 is 1.64 bits per heavy atom. The summed E-state index contributed by atoms with van der Waals surface area (Å²) in [5.41, 5.74) is 5.53. The van der Waals surface area contributed by atoms with Crippen molar-refractivity contribution in [2.24, 2.45) is 11.1 Å². The van der Waals surface area contributed by atoms with Crippen LogP contribution in [0.3, 0.4) is 0 Å². The average Bonchev–Trinajstić information content (AvgIpc) is 1.85. The van der Waals surface area contributed by atoms with Crippen molar-refractivity contribution in [2.75, 3.05) is 0 Å². The van der Waals surface area contributed by atoms with E-state index in [2.05, 4.69) is 5.32 Å². The van der Waals surface area contributed by atoms with Crippen molar-refractivity contribution in [3.8, 4) is 0 Å². The van der Waals surface area contributed by atoms with E-state index in [1.807, 2.05) is 19.9 Å². The second-order valence-corrected chi connectivity index (χ2v) is 3.14. The molecule has 0 aromatic rings. The Balaban J connectivity index is 2.95. The van der Waals surface area contributed by atoms with Gasteiger partial charge in [0, 0.05) is 17.2 Å². The fourth-order valence-corrected chi connectivity index (χ4v) is 1.05. The van der Waals surface area contributed by atoms with Gasteiger partial charge < -0.3 is 11.1 Å². The minimum atomic E-state index is -0.369. The van der Waals surface area contributed by atoms with Gasteiger partial charge in [-0.25, -0.2) is 0 Å². The largest absolute Gasteiger partial charge is 0.367 e. The molecule has 0 radical (unpaired) electrons. The van der Waals surface area contributed by atoms with E-state index in [1.165, 1.54) is 0 Å². The third kappa shape index (κ3) is 1.42. The van der Waals surface area contributed by atoms with Crippen molar-refractivity contribution in [3.63, 3.8) is 0 Å². The lowest BCUT2D eigenvalue weighted by molar-refractivity contribution is -0.115. The maximum Gasteiger partial charge on any atom is 0.246 e. The summed E-state index contributed by atoms with van der Waals surface area (Å²) in [7, 11) is 0. The summed E-state index contributed by atoms with van der Waals surface area (Å²) in [6, 6.07) is 0. The first-order valence-electron chi connectivity index (χ1n) is 3.48. The molecule has 0 aromatic carbocycles. The maximum absolute atomic E-state index is 10.9. The molecule has 0 atom stereocenters.